The summed E-state index contributed by atoms with van der Waals surface area (Å²) in [7, 11) is 0. The van der Waals surface area contributed by atoms with Gasteiger partial charge in [-0.25, -0.2) is 13.6 Å². The monoisotopic (exact) mass is 400 g/mol. The minimum atomic E-state index is -0.361. The van der Waals surface area contributed by atoms with Gasteiger partial charge in [0.1, 0.15) is 11.6 Å². The van der Waals surface area contributed by atoms with Gasteiger partial charge in [0.25, 0.3) is 0 Å². The Morgan fingerprint density at radius 3 is 2.34 bits per heavy atom. The van der Waals surface area contributed by atoms with Gasteiger partial charge >= 0.3 is 6.03 Å². The Morgan fingerprint density at radius 2 is 1.66 bits per heavy atom. The van der Waals surface area contributed by atoms with Crippen LogP contribution in [0.3, 0.4) is 0 Å². The van der Waals surface area contributed by atoms with Gasteiger partial charge in [-0.1, -0.05) is 12.1 Å². The predicted molar refractivity (Wildman–Crippen MR) is 106 cm³/mol. The zero-order valence-corrected chi connectivity index (χ0v) is 15.9. The molecule has 0 spiro atoms. The molecule has 0 radical (unpaired) electrons. The summed E-state index contributed by atoms with van der Waals surface area (Å²) in [4.78, 5) is 30.1. The number of carbonyl (C=O) groups is 2. The number of hydrogen-bond donors (Lipinski definition) is 1. The first-order valence-corrected chi connectivity index (χ1v) is 9.62. The molecule has 0 aromatic heterocycles. The van der Waals surface area contributed by atoms with E-state index in [0.29, 0.717) is 44.1 Å². The van der Waals surface area contributed by atoms with E-state index in [2.05, 4.69) is 5.32 Å². The molecule has 1 atom stereocenters. The summed E-state index contributed by atoms with van der Waals surface area (Å²) in [5, 5.41) is 2.91. The highest BCUT2D eigenvalue weighted by Gasteiger charge is 2.33. The van der Waals surface area contributed by atoms with Crippen molar-refractivity contribution in [2.75, 3.05) is 42.5 Å². The third-order valence-electron chi connectivity index (χ3n) is 5.35. The SMILES string of the molecule is O=C(N[C@@H]1CC(=O)N(c2ccc(F)cc2)C1)N1CCN(c2ccccc2F)CC1. The molecule has 2 aliphatic rings. The quantitative estimate of drug-likeness (QED) is 0.862. The van der Waals surface area contributed by atoms with E-state index in [9.17, 15) is 18.4 Å². The van der Waals surface area contributed by atoms with E-state index in [1.54, 1.807) is 40.1 Å². The third kappa shape index (κ3) is 4.16. The Balaban J connectivity index is 1.31. The molecule has 2 fully saturated rings. The Kier molecular flexibility index (Phi) is 5.33. The zero-order chi connectivity index (χ0) is 20.4. The number of urea groups is 1. The van der Waals surface area contributed by atoms with Gasteiger partial charge < -0.3 is 20.0 Å². The standard InChI is InChI=1S/C21H22F2N4O2/c22-15-5-7-17(8-6-15)27-14-16(13-20(27)28)24-21(29)26-11-9-25(10-12-26)19-4-2-1-3-18(19)23/h1-8,16H,9-14H2,(H,24,29)/t16-/m1/s1. The lowest BCUT2D eigenvalue weighted by Gasteiger charge is -2.36. The van der Waals surface area contributed by atoms with Gasteiger partial charge in [-0.2, -0.15) is 0 Å². The summed E-state index contributed by atoms with van der Waals surface area (Å²) in [6.07, 6.45) is 0.207. The summed E-state index contributed by atoms with van der Waals surface area (Å²) in [6, 6.07) is 11.8. The largest absolute Gasteiger partial charge is 0.366 e. The third-order valence-corrected chi connectivity index (χ3v) is 5.35. The van der Waals surface area contributed by atoms with Crippen molar-refractivity contribution in [1.29, 1.82) is 0 Å². The minimum Gasteiger partial charge on any atom is -0.366 e. The first-order chi connectivity index (χ1) is 14.0. The number of rotatable bonds is 3. The van der Waals surface area contributed by atoms with Crippen molar-refractivity contribution in [1.82, 2.24) is 10.2 Å². The second-order valence-electron chi connectivity index (χ2n) is 7.26. The minimum absolute atomic E-state index is 0.105. The number of halogens is 2. The molecule has 2 saturated heterocycles. The van der Waals surface area contributed by atoms with Crippen LogP contribution in [0.25, 0.3) is 0 Å². The molecule has 0 saturated carbocycles. The molecule has 0 unspecified atom stereocenters. The Labute approximate surface area is 167 Å². The molecular weight excluding hydrogens is 378 g/mol. The smallest absolute Gasteiger partial charge is 0.317 e. The summed E-state index contributed by atoms with van der Waals surface area (Å²) in [5.41, 5.74) is 1.16. The van der Waals surface area contributed by atoms with Crippen molar-refractivity contribution in [3.05, 3.63) is 60.2 Å². The molecule has 6 nitrogen and oxygen atoms in total. The molecule has 152 valence electrons. The molecule has 29 heavy (non-hydrogen) atoms. The number of amides is 3. The Hall–Kier alpha value is -3.16. The van der Waals surface area contributed by atoms with Crippen LogP contribution in [0, 0.1) is 11.6 Å². The van der Waals surface area contributed by atoms with Crippen LogP contribution in [0.2, 0.25) is 0 Å². The second-order valence-corrected chi connectivity index (χ2v) is 7.26. The van der Waals surface area contributed by atoms with Crippen molar-refractivity contribution in [3.8, 4) is 0 Å². The van der Waals surface area contributed by atoms with Crippen LogP contribution in [-0.4, -0.2) is 55.6 Å². The fourth-order valence-corrected chi connectivity index (χ4v) is 3.80. The van der Waals surface area contributed by atoms with Crippen molar-refractivity contribution < 1.29 is 18.4 Å². The average molecular weight is 400 g/mol. The van der Waals surface area contributed by atoms with E-state index < -0.39 is 0 Å². The van der Waals surface area contributed by atoms with Crippen molar-refractivity contribution in [2.45, 2.75) is 12.5 Å². The summed E-state index contributed by atoms with van der Waals surface area (Å²) >= 11 is 0. The zero-order valence-electron chi connectivity index (χ0n) is 15.9. The van der Waals surface area contributed by atoms with E-state index in [1.165, 1.54) is 18.2 Å². The maximum Gasteiger partial charge on any atom is 0.317 e. The molecule has 4 rings (SSSR count). The average Bonchev–Trinajstić information content (AvgIpc) is 3.09. The fourth-order valence-electron chi connectivity index (χ4n) is 3.80. The molecule has 2 aromatic rings. The van der Waals surface area contributed by atoms with E-state index in [4.69, 9.17) is 0 Å². The first kappa shape index (κ1) is 19.2. The predicted octanol–water partition coefficient (Wildman–Crippen LogP) is 2.60. The molecule has 8 heteroatoms. The van der Waals surface area contributed by atoms with Crippen LogP contribution < -0.4 is 15.1 Å². The van der Waals surface area contributed by atoms with Gasteiger partial charge in [0.2, 0.25) is 5.91 Å². The number of piperazine rings is 1. The van der Waals surface area contributed by atoms with E-state index in [0.717, 1.165) is 0 Å². The Morgan fingerprint density at radius 1 is 0.966 bits per heavy atom. The van der Waals surface area contributed by atoms with Gasteiger partial charge in [-0.3, -0.25) is 4.79 Å². The van der Waals surface area contributed by atoms with E-state index >= 15 is 0 Å². The number of benzene rings is 2. The number of nitrogens with zero attached hydrogens (tertiary/aromatic N) is 3. The Bertz CT molecular complexity index is 898. The molecule has 0 bridgehead atoms. The lowest BCUT2D eigenvalue weighted by atomic mass is 10.2. The van der Waals surface area contributed by atoms with E-state index in [-0.39, 0.29) is 36.0 Å². The van der Waals surface area contributed by atoms with Crippen molar-refractivity contribution in [3.63, 3.8) is 0 Å². The number of hydrogen-bond acceptors (Lipinski definition) is 3. The van der Waals surface area contributed by atoms with Crippen LogP contribution in [0.4, 0.5) is 25.0 Å². The van der Waals surface area contributed by atoms with Crippen molar-refractivity contribution >= 4 is 23.3 Å². The number of carbonyl (C=O) groups excluding carboxylic acids is 2. The van der Waals surface area contributed by atoms with Gasteiger partial charge in [0.15, 0.2) is 0 Å². The van der Waals surface area contributed by atoms with E-state index in [1.807, 2.05) is 4.90 Å². The van der Waals surface area contributed by atoms with Crippen LogP contribution in [-0.2, 0) is 4.79 Å². The first-order valence-electron chi connectivity index (χ1n) is 9.62. The fraction of sp³-hybridized carbons (Fsp3) is 0.333. The lowest BCUT2D eigenvalue weighted by molar-refractivity contribution is -0.117. The van der Waals surface area contributed by atoms with Crippen LogP contribution >= 0.6 is 0 Å². The molecule has 0 aliphatic carbocycles. The maximum atomic E-state index is 13.9. The number of anilines is 2. The van der Waals surface area contributed by atoms with Crippen LogP contribution in [0.5, 0.6) is 0 Å². The maximum absolute atomic E-state index is 13.9. The van der Waals surface area contributed by atoms with Crippen LogP contribution in [0.15, 0.2) is 48.5 Å². The molecule has 1 N–H and O–H groups in total. The van der Waals surface area contributed by atoms with Crippen molar-refractivity contribution in [2.24, 2.45) is 0 Å². The highest BCUT2D eigenvalue weighted by Crippen LogP contribution is 2.23. The molecule has 2 aromatic carbocycles. The summed E-state index contributed by atoms with van der Waals surface area (Å²) in [5.74, 6) is -0.734. The normalized spacial score (nSPS) is 19.6. The van der Waals surface area contributed by atoms with Gasteiger partial charge in [0.05, 0.1) is 11.7 Å². The summed E-state index contributed by atoms with van der Waals surface area (Å²) < 4.78 is 27.0. The van der Waals surface area contributed by atoms with Gasteiger partial charge in [-0.05, 0) is 36.4 Å². The molecule has 3 amide bonds. The van der Waals surface area contributed by atoms with Crippen LogP contribution in [0.1, 0.15) is 6.42 Å². The number of nitrogens with one attached hydrogen (secondary N) is 1. The van der Waals surface area contributed by atoms with Gasteiger partial charge in [-0.15, -0.1) is 0 Å². The van der Waals surface area contributed by atoms with Gasteiger partial charge in [0, 0.05) is 44.8 Å². The highest BCUT2D eigenvalue weighted by molar-refractivity contribution is 5.96. The highest BCUT2D eigenvalue weighted by atomic mass is 19.1. The second kappa shape index (κ2) is 8.06. The lowest BCUT2D eigenvalue weighted by Crippen LogP contribution is -2.54. The molecule has 2 aliphatic heterocycles. The topological polar surface area (TPSA) is 55.9 Å². The molecule has 2 heterocycles. The molecular formula is C21H22F2N4O2. The number of para-hydroxylation sites is 1. The summed E-state index contributed by atoms with van der Waals surface area (Å²) in [6.45, 7) is 2.38.